The summed E-state index contributed by atoms with van der Waals surface area (Å²) in [7, 11) is 0. The van der Waals surface area contributed by atoms with Crippen LogP contribution in [0.15, 0.2) is 17.5 Å². The topological polar surface area (TPSA) is 40.5 Å². The zero-order valence-electron chi connectivity index (χ0n) is 8.91. The molecule has 0 amide bonds. The van der Waals surface area contributed by atoms with Crippen LogP contribution in [0.2, 0.25) is 0 Å². The number of rotatable bonds is 6. The molecule has 1 heterocycles. The summed E-state index contributed by atoms with van der Waals surface area (Å²) >= 11 is 1.19. The molecule has 0 spiro atoms. The van der Waals surface area contributed by atoms with Crippen LogP contribution in [-0.4, -0.2) is 48.2 Å². The van der Waals surface area contributed by atoms with Crippen LogP contribution >= 0.6 is 11.3 Å². The van der Waals surface area contributed by atoms with Gasteiger partial charge in [-0.15, -0.1) is 11.3 Å². The molecule has 1 N–H and O–H groups in total. The first kappa shape index (κ1) is 14.1. The molecule has 0 fully saturated rings. The van der Waals surface area contributed by atoms with Gasteiger partial charge in [0.1, 0.15) is 0 Å². The summed E-state index contributed by atoms with van der Waals surface area (Å²) in [5, 5.41) is 10.3. The molecule has 17 heavy (non-hydrogen) atoms. The molecule has 1 aromatic rings. The molecule has 0 aliphatic carbocycles. The molecule has 0 unspecified atom stereocenters. The van der Waals surface area contributed by atoms with E-state index in [2.05, 4.69) is 0 Å². The largest absolute Gasteiger partial charge is 0.401 e. The molecule has 1 rings (SSSR count). The van der Waals surface area contributed by atoms with Crippen molar-refractivity contribution in [2.75, 3.05) is 26.2 Å². The van der Waals surface area contributed by atoms with Gasteiger partial charge in [0, 0.05) is 6.54 Å². The van der Waals surface area contributed by atoms with E-state index >= 15 is 0 Å². The lowest BCUT2D eigenvalue weighted by molar-refractivity contribution is -0.145. The van der Waals surface area contributed by atoms with E-state index in [9.17, 15) is 18.0 Å². The van der Waals surface area contributed by atoms with Crippen molar-refractivity contribution in [1.82, 2.24) is 4.90 Å². The first-order chi connectivity index (χ1) is 7.92. The molecule has 3 nitrogen and oxygen atoms in total. The number of carbonyl (C=O) groups excluding carboxylic acids is 1. The maximum Gasteiger partial charge on any atom is 0.401 e. The second kappa shape index (κ2) is 6.13. The van der Waals surface area contributed by atoms with Gasteiger partial charge in [-0.05, 0) is 11.4 Å². The number of aliphatic hydroxyl groups excluding tert-OH is 1. The van der Waals surface area contributed by atoms with Crippen LogP contribution in [0.4, 0.5) is 13.2 Å². The summed E-state index contributed by atoms with van der Waals surface area (Å²) in [6.45, 7) is -2.10. The number of hydrogen-bond acceptors (Lipinski definition) is 4. The van der Waals surface area contributed by atoms with Gasteiger partial charge in [-0.3, -0.25) is 9.69 Å². The SMILES string of the molecule is O=C(CN(CCO)CC(F)(F)F)c1cccs1. The number of alkyl halides is 3. The Hall–Kier alpha value is -0.920. The van der Waals surface area contributed by atoms with Crippen LogP contribution in [0.3, 0.4) is 0 Å². The molecule has 0 saturated carbocycles. The highest BCUT2D eigenvalue weighted by molar-refractivity contribution is 7.12. The maximum absolute atomic E-state index is 12.2. The van der Waals surface area contributed by atoms with Crippen LogP contribution in [0.1, 0.15) is 9.67 Å². The quantitative estimate of drug-likeness (QED) is 0.799. The summed E-state index contributed by atoms with van der Waals surface area (Å²) in [5.74, 6) is -0.363. The maximum atomic E-state index is 12.2. The fraction of sp³-hybridized carbons (Fsp3) is 0.500. The predicted molar refractivity (Wildman–Crippen MR) is 58.2 cm³/mol. The van der Waals surface area contributed by atoms with Crippen molar-refractivity contribution in [3.8, 4) is 0 Å². The van der Waals surface area contributed by atoms with Gasteiger partial charge in [0.05, 0.1) is 24.6 Å². The summed E-state index contributed by atoms with van der Waals surface area (Å²) in [6, 6.07) is 3.23. The van der Waals surface area contributed by atoms with Gasteiger partial charge in [-0.25, -0.2) is 0 Å². The molecule has 0 saturated heterocycles. The molecule has 0 bridgehead atoms. The van der Waals surface area contributed by atoms with E-state index in [1.165, 1.54) is 11.3 Å². The number of carbonyl (C=O) groups is 1. The first-order valence-electron chi connectivity index (χ1n) is 4.89. The van der Waals surface area contributed by atoms with E-state index in [0.29, 0.717) is 4.88 Å². The summed E-state index contributed by atoms with van der Waals surface area (Å²) in [5.41, 5.74) is 0. The van der Waals surface area contributed by atoms with Crippen molar-refractivity contribution >= 4 is 17.1 Å². The van der Waals surface area contributed by atoms with E-state index in [-0.39, 0.29) is 18.9 Å². The standard InChI is InChI=1S/C10H12F3NO2S/c11-10(12,13)7-14(3-4-15)6-8(16)9-2-1-5-17-9/h1-2,5,15H,3-4,6-7H2. The highest BCUT2D eigenvalue weighted by Gasteiger charge is 2.31. The zero-order valence-corrected chi connectivity index (χ0v) is 9.72. The van der Waals surface area contributed by atoms with Gasteiger partial charge in [0.2, 0.25) is 0 Å². The Morgan fingerprint density at radius 3 is 2.65 bits per heavy atom. The molecular formula is C10H12F3NO2S. The van der Waals surface area contributed by atoms with E-state index in [4.69, 9.17) is 5.11 Å². The highest BCUT2D eigenvalue weighted by atomic mass is 32.1. The minimum Gasteiger partial charge on any atom is -0.395 e. The zero-order chi connectivity index (χ0) is 12.9. The van der Waals surface area contributed by atoms with Crippen molar-refractivity contribution in [2.24, 2.45) is 0 Å². The van der Waals surface area contributed by atoms with Crippen molar-refractivity contribution in [1.29, 1.82) is 0 Å². The number of halogens is 3. The minimum absolute atomic E-state index is 0.170. The molecule has 0 atom stereocenters. The minimum atomic E-state index is -4.37. The van der Waals surface area contributed by atoms with Crippen LogP contribution in [0.5, 0.6) is 0 Å². The van der Waals surface area contributed by atoms with E-state index in [0.717, 1.165) is 4.90 Å². The van der Waals surface area contributed by atoms with Crippen molar-refractivity contribution < 1.29 is 23.1 Å². The molecule has 1 aromatic heterocycles. The molecule has 0 aliphatic rings. The second-order valence-electron chi connectivity index (χ2n) is 3.45. The normalized spacial score (nSPS) is 12.1. The third-order valence-corrected chi connectivity index (χ3v) is 2.89. The van der Waals surface area contributed by atoms with Gasteiger partial charge in [-0.1, -0.05) is 6.07 Å². The van der Waals surface area contributed by atoms with Crippen LogP contribution in [0.25, 0.3) is 0 Å². The lowest BCUT2D eigenvalue weighted by atomic mass is 10.3. The third-order valence-electron chi connectivity index (χ3n) is 1.98. The van der Waals surface area contributed by atoms with E-state index in [1.54, 1.807) is 17.5 Å². The Kier molecular flexibility index (Phi) is 5.10. The molecule has 0 aromatic carbocycles. The van der Waals surface area contributed by atoms with Gasteiger partial charge in [0.15, 0.2) is 5.78 Å². The average molecular weight is 267 g/mol. The lowest BCUT2D eigenvalue weighted by Crippen LogP contribution is -2.39. The third kappa shape index (κ3) is 5.29. The van der Waals surface area contributed by atoms with Gasteiger partial charge in [0.25, 0.3) is 0 Å². The Bertz CT molecular complexity index is 351. The Balaban J connectivity index is 2.57. The molecular weight excluding hydrogens is 255 g/mol. The Morgan fingerprint density at radius 1 is 1.47 bits per heavy atom. The van der Waals surface area contributed by atoms with E-state index in [1.807, 2.05) is 0 Å². The van der Waals surface area contributed by atoms with Crippen LogP contribution in [-0.2, 0) is 0 Å². The van der Waals surface area contributed by atoms with Gasteiger partial charge in [-0.2, -0.15) is 13.2 Å². The molecule has 7 heteroatoms. The Morgan fingerprint density at radius 2 is 2.18 bits per heavy atom. The highest BCUT2D eigenvalue weighted by Crippen LogP contribution is 2.17. The van der Waals surface area contributed by atoms with Crippen molar-refractivity contribution in [3.63, 3.8) is 0 Å². The molecule has 0 aliphatic heterocycles. The number of Topliss-reactive ketones (excluding diaryl/α,β-unsaturated/α-hetero) is 1. The number of nitrogens with zero attached hydrogens (tertiary/aromatic N) is 1. The number of aliphatic hydroxyl groups is 1. The summed E-state index contributed by atoms with van der Waals surface area (Å²) in [4.78, 5) is 12.9. The fourth-order valence-electron chi connectivity index (χ4n) is 1.33. The molecule has 96 valence electrons. The second-order valence-corrected chi connectivity index (χ2v) is 4.40. The van der Waals surface area contributed by atoms with E-state index < -0.39 is 19.3 Å². The summed E-state index contributed by atoms with van der Waals surface area (Å²) in [6.07, 6.45) is -4.37. The molecule has 0 radical (unpaired) electrons. The lowest BCUT2D eigenvalue weighted by Gasteiger charge is -2.21. The van der Waals surface area contributed by atoms with Crippen molar-refractivity contribution in [3.05, 3.63) is 22.4 Å². The average Bonchev–Trinajstić information content (AvgIpc) is 2.67. The predicted octanol–water partition coefficient (Wildman–Crippen LogP) is 1.79. The fourth-order valence-corrected chi connectivity index (χ4v) is 1.98. The summed E-state index contributed by atoms with van der Waals surface area (Å²) < 4.78 is 36.6. The number of ketones is 1. The number of thiophene rings is 1. The van der Waals surface area contributed by atoms with Crippen molar-refractivity contribution in [2.45, 2.75) is 6.18 Å². The smallest absolute Gasteiger partial charge is 0.395 e. The monoisotopic (exact) mass is 267 g/mol. The first-order valence-corrected chi connectivity index (χ1v) is 5.77. The Labute approximate surface area is 100 Å². The van der Waals surface area contributed by atoms with Gasteiger partial charge >= 0.3 is 6.18 Å². The van der Waals surface area contributed by atoms with Crippen LogP contribution in [0, 0.1) is 0 Å². The number of hydrogen-bond donors (Lipinski definition) is 1. The van der Waals surface area contributed by atoms with Gasteiger partial charge < -0.3 is 5.11 Å². The van der Waals surface area contributed by atoms with Crippen LogP contribution < -0.4 is 0 Å².